The van der Waals surface area contributed by atoms with Gasteiger partial charge in [-0.1, -0.05) is 52.4 Å². The third-order valence-corrected chi connectivity index (χ3v) is 11.4. The van der Waals surface area contributed by atoms with Gasteiger partial charge in [-0.2, -0.15) is 0 Å². The Labute approximate surface area is 209 Å². The SMILES string of the molecule is CCCCCCN(CCCCCC)[P+](N(CC)CC)(N(CC)CC)N(CC)CC.[I-]. The van der Waals surface area contributed by atoms with Crippen LogP contribution in [0.1, 0.15) is 107 Å². The van der Waals surface area contributed by atoms with Crippen molar-refractivity contribution in [2.75, 3.05) is 52.4 Å². The van der Waals surface area contributed by atoms with Gasteiger partial charge in [0, 0.05) is 52.4 Å². The average Bonchev–Trinajstić information content (AvgIpc) is 2.74. The van der Waals surface area contributed by atoms with Crippen molar-refractivity contribution < 1.29 is 24.0 Å². The van der Waals surface area contributed by atoms with Crippen LogP contribution in [-0.4, -0.2) is 71.0 Å². The summed E-state index contributed by atoms with van der Waals surface area (Å²) in [5, 5.41) is 0. The molecule has 0 heterocycles. The minimum atomic E-state index is -1.70. The molecule has 0 rings (SSSR count). The lowest BCUT2D eigenvalue weighted by molar-refractivity contribution is -0.00000738. The molecule has 0 aliphatic carbocycles. The first-order valence-electron chi connectivity index (χ1n) is 13.0. The van der Waals surface area contributed by atoms with Crippen molar-refractivity contribution in [3.05, 3.63) is 0 Å². The van der Waals surface area contributed by atoms with E-state index in [2.05, 4.69) is 74.1 Å². The lowest BCUT2D eigenvalue weighted by atomic mass is 10.2. The number of rotatable bonds is 20. The Bertz CT molecular complexity index is 318. The standard InChI is InChI=1S/C24H56N4P.HI/c1-9-17-19-21-23-28(24-22-20-18-10-2)29(25(11-3)12-4,26(13-5)14-6)27(15-7)16-8;/h9-24H2,1-8H3;1H/q+1;/p-1. The molecule has 0 aromatic carbocycles. The van der Waals surface area contributed by atoms with Gasteiger partial charge >= 0.3 is 7.87 Å². The molecule has 0 aromatic heterocycles. The summed E-state index contributed by atoms with van der Waals surface area (Å²) in [7, 11) is -1.70. The highest BCUT2D eigenvalue weighted by molar-refractivity contribution is 7.66. The van der Waals surface area contributed by atoms with Crippen molar-refractivity contribution in [1.82, 2.24) is 18.7 Å². The third kappa shape index (κ3) is 9.47. The van der Waals surface area contributed by atoms with E-state index in [9.17, 15) is 0 Å². The topological polar surface area (TPSA) is 13.0 Å². The molecule has 0 atom stereocenters. The Balaban J connectivity index is 0. The summed E-state index contributed by atoms with van der Waals surface area (Å²) in [5.41, 5.74) is 0. The molecule has 0 radical (unpaired) electrons. The molecule has 4 nitrogen and oxygen atoms in total. The van der Waals surface area contributed by atoms with Gasteiger partial charge in [0.05, 0.1) is 0 Å². The fourth-order valence-corrected chi connectivity index (χ4v) is 9.95. The first-order valence-corrected chi connectivity index (χ1v) is 14.6. The molecule has 6 heteroatoms. The van der Waals surface area contributed by atoms with Crippen LogP contribution in [0.5, 0.6) is 0 Å². The summed E-state index contributed by atoms with van der Waals surface area (Å²) in [4.78, 5) is 0. The molecule has 184 valence electrons. The Hall–Kier alpha value is 1.00. The summed E-state index contributed by atoms with van der Waals surface area (Å²) in [5.74, 6) is 0. The molecule has 30 heavy (non-hydrogen) atoms. The number of hydrogen-bond acceptors (Lipinski definition) is 4. The molecule has 0 aliphatic heterocycles. The van der Waals surface area contributed by atoms with Gasteiger partial charge < -0.3 is 24.0 Å². The predicted molar refractivity (Wildman–Crippen MR) is 136 cm³/mol. The van der Waals surface area contributed by atoms with Crippen LogP contribution in [0, 0.1) is 0 Å². The Morgan fingerprint density at radius 3 is 0.933 bits per heavy atom. The fraction of sp³-hybridized carbons (Fsp3) is 1.00. The minimum absolute atomic E-state index is 0. The minimum Gasteiger partial charge on any atom is -1.00 e. The predicted octanol–water partition coefficient (Wildman–Crippen LogP) is 4.16. The van der Waals surface area contributed by atoms with E-state index in [0.29, 0.717) is 0 Å². The quantitative estimate of drug-likeness (QED) is 0.126. The van der Waals surface area contributed by atoms with Gasteiger partial charge in [-0.3, -0.25) is 0 Å². The van der Waals surface area contributed by atoms with Gasteiger partial charge in [0.2, 0.25) is 0 Å². The lowest BCUT2D eigenvalue weighted by Gasteiger charge is -2.50. The monoisotopic (exact) mass is 558 g/mol. The second-order valence-electron chi connectivity index (χ2n) is 8.03. The highest BCUT2D eigenvalue weighted by Gasteiger charge is 2.58. The maximum Gasteiger partial charge on any atom is 0.308 e. The molecule has 0 aliphatic rings. The zero-order valence-corrected chi connectivity index (χ0v) is 25.0. The van der Waals surface area contributed by atoms with Gasteiger partial charge in [0.25, 0.3) is 0 Å². The maximum atomic E-state index is 2.98. The number of nitrogens with zero attached hydrogens (tertiary/aromatic N) is 4. The van der Waals surface area contributed by atoms with E-state index >= 15 is 0 Å². The Kier molecular flexibility index (Phi) is 22.8. The number of halogens is 1. The van der Waals surface area contributed by atoms with Crippen LogP contribution >= 0.6 is 7.87 Å². The van der Waals surface area contributed by atoms with Crippen LogP contribution in [0.4, 0.5) is 0 Å². The smallest absolute Gasteiger partial charge is 0.308 e. The van der Waals surface area contributed by atoms with E-state index in [-0.39, 0.29) is 24.0 Å². The molecule has 0 fully saturated rings. The van der Waals surface area contributed by atoms with Crippen molar-refractivity contribution in [2.24, 2.45) is 0 Å². The molecular weight excluding hydrogens is 502 g/mol. The Morgan fingerprint density at radius 1 is 0.400 bits per heavy atom. The second kappa shape index (κ2) is 20.6. The normalized spacial score (nSPS) is 12.4. The summed E-state index contributed by atoms with van der Waals surface area (Å²) < 4.78 is 11.5. The molecule has 0 amide bonds. The van der Waals surface area contributed by atoms with Crippen LogP contribution in [0.15, 0.2) is 0 Å². The van der Waals surface area contributed by atoms with Crippen molar-refractivity contribution in [1.29, 1.82) is 0 Å². The zero-order valence-electron chi connectivity index (χ0n) is 21.9. The third-order valence-electron chi connectivity index (χ3n) is 6.25. The molecule has 0 spiro atoms. The van der Waals surface area contributed by atoms with E-state index in [1.54, 1.807) is 0 Å². The molecule has 0 saturated heterocycles. The van der Waals surface area contributed by atoms with Crippen molar-refractivity contribution >= 4 is 7.87 Å². The first-order chi connectivity index (χ1) is 14.1. The zero-order chi connectivity index (χ0) is 22.1. The fourth-order valence-electron chi connectivity index (χ4n) is 4.70. The van der Waals surface area contributed by atoms with Crippen molar-refractivity contribution in [2.45, 2.75) is 107 Å². The van der Waals surface area contributed by atoms with E-state index in [0.717, 1.165) is 39.3 Å². The van der Waals surface area contributed by atoms with Gasteiger partial charge in [-0.25, -0.2) is 0 Å². The molecule has 0 bridgehead atoms. The summed E-state index contributed by atoms with van der Waals surface area (Å²) >= 11 is 0. The average molecular weight is 559 g/mol. The largest absolute Gasteiger partial charge is 1.00 e. The van der Waals surface area contributed by atoms with Gasteiger partial charge in [-0.15, -0.1) is 18.7 Å². The summed E-state index contributed by atoms with van der Waals surface area (Å²) in [6, 6.07) is 0. The molecule has 0 N–H and O–H groups in total. The lowest BCUT2D eigenvalue weighted by Crippen LogP contribution is -3.00. The van der Waals surface area contributed by atoms with Crippen molar-refractivity contribution in [3.8, 4) is 0 Å². The molecule has 0 aromatic rings. The van der Waals surface area contributed by atoms with E-state index in [4.69, 9.17) is 0 Å². The van der Waals surface area contributed by atoms with E-state index in [1.165, 1.54) is 64.5 Å². The first kappa shape index (κ1) is 33.2. The number of unbranched alkanes of at least 4 members (excludes halogenated alkanes) is 6. The highest BCUT2D eigenvalue weighted by atomic mass is 127. The summed E-state index contributed by atoms with van der Waals surface area (Å²) in [6.07, 6.45) is 10.8. The van der Waals surface area contributed by atoms with E-state index in [1.807, 2.05) is 0 Å². The van der Waals surface area contributed by atoms with E-state index < -0.39 is 7.87 Å². The molecule has 0 unspecified atom stereocenters. The van der Waals surface area contributed by atoms with Crippen LogP contribution < -0.4 is 24.0 Å². The van der Waals surface area contributed by atoms with Crippen LogP contribution in [0.3, 0.4) is 0 Å². The van der Waals surface area contributed by atoms with Gasteiger partial charge in [-0.05, 0) is 54.4 Å². The van der Waals surface area contributed by atoms with Gasteiger partial charge in [0.1, 0.15) is 0 Å². The highest BCUT2D eigenvalue weighted by Crippen LogP contribution is 2.69. The van der Waals surface area contributed by atoms with Crippen molar-refractivity contribution in [3.63, 3.8) is 0 Å². The number of hydrogen-bond donors (Lipinski definition) is 0. The summed E-state index contributed by atoms with van der Waals surface area (Å²) in [6.45, 7) is 28.2. The van der Waals surface area contributed by atoms with Gasteiger partial charge in [0.15, 0.2) is 0 Å². The molecule has 0 saturated carbocycles. The molecular formula is C24H56IN4P. The van der Waals surface area contributed by atoms with Crippen LogP contribution in [0.25, 0.3) is 0 Å². The Morgan fingerprint density at radius 2 is 0.700 bits per heavy atom. The van der Waals surface area contributed by atoms with Crippen LogP contribution in [-0.2, 0) is 0 Å². The van der Waals surface area contributed by atoms with Crippen LogP contribution in [0.2, 0.25) is 0 Å². The maximum absolute atomic E-state index is 2.98. The second-order valence-corrected chi connectivity index (χ2v) is 11.4.